The maximum absolute atomic E-state index is 13.2. The van der Waals surface area contributed by atoms with Crippen LogP contribution in [-0.2, 0) is 9.59 Å². The van der Waals surface area contributed by atoms with Crippen molar-refractivity contribution in [2.45, 2.75) is 6.92 Å². The molecule has 0 unspecified atom stereocenters. The lowest BCUT2D eigenvalue weighted by atomic mass is 10.1. The second-order valence-corrected chi connectivity index (χ2v) is 7.58. The Hall–Kier alpha value is -3.65. The van der Waals surface area contributed by atoms with E-state index in [0.29, 0.717) is 23.7 Å². The Kier molecular flexibility index (Phi) is 5.73. The smallest absolute Gasteiger partial charge is 0.335 e. The van der Waals surface area contributed by atoms with Crippen molar-refractivity contribution >= 4 is 45.5 Å². The molecule has 7 nitrogen and oxygen atoms in total. The van der Waals surface area contributed by atoms with Crippen LogP contribution in [0.5, 0.6) is 5.75 Å². The van der Waals surface area contributed by atoms with Gasteiger partial charge in [-0.15, -0.1) is 0 Å². The highest BCUT2D eigenvalue weighted by atomic mass is 79.9. The van der Waals surface area contributed by atoms with Crippen LogP contribution in [-0.4, -0.2) is 29.0 Å². The van der Waals surface area contributed by atoms with Crippen LogP contribution in [0.2, 0.25) is 0 Å². The minimum atomic E-state index is -0.802. The molecule has 0 atom stereocenters. The van der Waals surface area contributed by atoms with E-state index in [1.807, 2.05) is 48.0 Å². The molecule has 0 radical (unpaired) electrons. The first-order chi connectivity index (χ1) is 15.0. The summed E-state index contributed by atoms with van der Waals surface area (Å²) in [5, 5.41) is 2.24. The van der Waals surface area contributed by atoms with Gasteiger partial charge in [0, 0.05) is 28.1 Å². The third-order valence-corrected chi connectivity index (χ3v) is 5.19. The minimum Gasteiger partial charge on any atom is -0.494 e. The maximum Gasteiger partial charge on any atom is 0.335 e. The summed E-state index contributed by atoms with van der Waals surface area (Å²) >= 11 is 3.41. The van der Waals surface area contributed by atoms with E-state index in [4.69, 9.17) is 4.74 Å². The highest BCUT2D eigenvalue weighted by Gasteiger charge is 2.37. The van der Waals surface area contributed by atoms with Crippen molar-refractivity contribution in [3.8, 4) is 11.4 Å². The van der Waals surface area contributed by atoms with Gasteiger partial charge in [0.15, 0.2) is 0 Å². The van der Waals surface area contributed by atoms with Gasteiger partial charge in [0.25, 0.3) is 11.8 Å². The number of carbonyl (C=O) groups is 3. The maximum atomic E-state index is 13.2. The first kappa shape index (κ1) is 20.6. The Labute approximate surface area is 187 Å². The molecule has 0 spiro atoms. The van der Waals surface area contributed by atoms with Crippen LogP contribution >= 0.6 is 15.9 Å². The Morgan fingerprint density at radius 1 is 1.00 bits per heavy atom. The summed E-state index contributed by atoms with van der Waals surface area (Å²) in [5.74, 6) is -0.922. The monoisotopic (exact) mass is 479 g/mol. The molecular formula is C23H18BrN3O4. The predicted octanol–water partition coefficient (Wildman–Crippen LogP) is 4.30. The van der Waals surface area contributed by atoms with Gasteiger partial charge in [0.1, 0.15) is 11.3 Å². The number of barbiturate groups is 1. The van der Waals surface area contributed by atoms with Gasteiger partial charge >= 0.3 is 6.03 Å². The number of amides is 4. The molecular weight excluding hydrogens is 462 g/mol. The third-order valence-electron chi connectivity index (χ3n) is 4.67. The second-order valence-electron chi connectivity index (χ2n) is 6.67. The van der Waals surface area contributed by atoms with Gasteiger partial charge < -0.3 is 9.30 Å². The summed E-state index contributed by atoms with van der Waals surface area (Å²) in [7, 11) is 0. The standard InChI is InChI=1S/C23H18BrN3O4/c1-2-31-19-7-3-5-18(13-19)27-22(29)20(21(28)25-23(27)30)14-17-6-4-12-26(17)16-10-8-15(24)9-11-16/h3-14H,2H2,1H3,(H,25,28,30)/b20-14+. The normalized spacial score (nSPS) is 15.4. The molecule has 4 rings (SSSR count). The topological polar surface area (TPSA) is 80.6 Å². The van der Waals surface area contributed by atoms with Gasteiger partial charge in [-0.2, -0.15) is 0 Å². The van der Waals surface area contributed by atoms with E-state index in [1.54, 1.807) is 30.3 Å². The number of hydrogen-bond donors (Lipinski definition) is 1. The zero-order chi connectivity index (χ0) is 22.0. The van der Waals surface area contributed by atoms with Crippen LogP contribution in [0, 0.1) is 0 Å². The largest absolute Gasteiger partial charge is 0.494 e. The summed E-state index contributed by atoms with van der Waals surface area (Å²) in [6.07, 6.45) is 3.31. The Morgan fingerprint density at radius 3 is 2.52 bits per heavy atom. The molecule has 0 bridgehead atoms. The van der Waals surface area contributed by atoms with Crippen molar-refractivity contribution in [1.82, 2.24) is 9.88 Å². The SMILES string of the molecule is CCOc1cccc(N2C(=O)NC(=O)/C(=C\c3cccn3-c3ccc(Br)cc3)C2=O)c1. The van der Waals surface area contributed by atoms with Gasteiger partial charge in [-0.1, -0.05) is 22.0 Å². The van der Waals surface area contributed by atoms with Crippen molar-refractivity contribution in [3.63, 3.8) is 0 Å². The number of nitrogens with one attached hydrogen (secondary N) is 1. The van der Waals surface area contributed by atoms with Gasteiger partial charge in [0.2, 0.25) is 0 Å². The number of nitrogens with zero attached hydrogens (tertiary/aromatic N) is 2. The molecule has 0 saturated carbocycles. The van der Waals surface area contributed by atoms with Crippen LogP contribution in [0.1, 0.15) is 12.6 Å². The fourth-order valence-electron chi connectivity index (χ4n) is 3.27. The lowest BCUT2D eigenvalue weighted by molar-refractivity contribution is -0.122. The van der Waals surface area contributed by atoms with Gasteiger partial charge in [-0.05, 0) is 61.5 Å². The highest BCUT2D eigenvalue weighted by Crippen LogP contribution is 2.26. The summed E-state index contributed by atoms with van der Waals surface area (Å²) in [6.45, 7) is 2.28. The van der Waals surface area contributed by atoms with Crippen LogP contribution in [0.3, 0.4) is 0 Å². The average Bonchev–Trinajstić information content (AvgIpc) is 3.20. The molecule has 0 aliphatic carbocycles. The number of urea groups is 1. The molecule has 1 saturated heterocycles. The molecule has 3 aromatic rings. The number of ether oxygens (including phenoxy) is 1. The van der Waals surface area contributed by atoms with E-state index in [2.05, 4.69) is 21.2 Å². The summed E-state index contributed by atoms with van der Waals surface area (Å²) in [4.78, 5) is 39.0. The first-order valence-corrected chi connectivity index (χ1v) is 10.3. The summed E-state index contributed by atoms with van der Waals surface area (Å²) < 4.78 is 8.24. The molecule has 1 aliphatic rings. The van der Waals surface area contributed by atoms with E-state index < -0.39 is 17.8 Å². The second kappa shape index (κ2) is 8.61. The molecule has 8 heteroatoms. The van der Waals surface area contributed by atoms with E-state index in [1.165, 1.54) is 6.08 Å². The fourth-order valence-corrected chi connectivity index (χ4v) is 3.53. The number of anilines is 1. The lowest BCUT2D eigenvalue weighted by Gasteiger charge is -2.26. The third kappa shape index (κ3) is 4.15. The number of hydrogen-bond acceptors (Lipinski definition) is 4. The average molecular weight is 480 g/mol. The van der Waals surface area contributed by atoms with Crippen molar-refractivity contribution in [3.05, 3.63) is 82.6 Å². The van der Waals surface area contributed by atoms with Crippen molar-refractivity contribution < 1.29 is 19.1 Å². The van der Waals surface area contributed by atoms with E-state index in [0.717, 1.165) is 15.1 Å². The van der Waals surface area contributed by atoms with Crippen LogP contribution in [0.4, 0.5) is 10.5 Å². The minimum absolute atomic E-state index is 0.140. The zero-order valence-corrected chi connectivity index (χ0v) is 18.1. The highest BCUT2D eigenvalue weighted by molar-refractivity contribution is 9.10. The quantitative estimate of drug-likeness (QED) is 0.436. The first-order valence-electron chi connectivity index (χ1n) is 9.55. The summed E-state index contributed by atoms with van der Waals surface area (Å²) in [6, 6.07) is 17.0. The number of benzene rings is 2. The number of halogens is 1. The lowest BCUT2D eigenvalue weighted by Crippen LogP contribution is -2.54. The van der Waals surface area contributed by atoms with Crippen LogP contribution in [0.25, 0.3) is 11.8 Å². The number of carbonyl (C=O) groups excluding carboxylic acids is 3. The van der Waals surface area contributed by atoms with E-state index in [9.17, 15) is 14.4 Å². The Bertz CT molecular complexity index is 1200. The predicted molar refractivity (Wildman–Crippen MR) is 120 cm³/mol. The Morgan fingerprint density at radius 2 is 1.77 bits per heavy atom. The number of aromatic nitrogens is 1. The molecule has 4 amide bonds. The van der Waals surface area contributed by atoms with Crippen molar-refractivity contribution in [1.29, 1.82) is 0 Å². The number of rotatable bonds is 5. The molecule has 31 heavy (non-hydrogen) atoms. The molecule has 1 fully saturated rings. The molecule has 2 heterocycles. The Balaban J connectivity index is 1.72. The van der Waals surface area contributed by atoms with E-state index in [-0.39, 0.29) is 5.57 Å². The fraction of sp³-hybridized carbons (Fsp3) is 0.0870. The number of imide groups is 2. The zero-order valence-electron chi connectivity index (χ0n) is 16.5. The van der Waals surface area contributed by atoms with Crippen molar-refractivity contribution in [2.24, 2.45) is 0 Å². The van der Waals surface area contributed by atoms with Crippen LogP contribution < -0.4 is 15.0 Å². The molecule has 1 aliphatic heterocycles. The van der Waals surface area contributed by atoms with Gasteiger partial charge in [0.05, 0.1) is 12.3 Å². The summed E-state index contributed by atoms with van der Waals surface area (Å²) in [5.41, 5.74) is 1.66. The van der Waals surface area contributed by atoms with Gasteiger partial charge in [-0.25, -0.2) is 9.69 Å². The van der Waals surface area contributed by atoms with Gasteiger partial charge in [-0.3, -0.25) is 14.9 Å². The molecule has 1 aromatic heterocycles. The van der Waals surface area contributed by atoms with E-state index >= 15 is 0 Å². The molecule has 1 N–H and O–H groups in total. The molecule has 156 valence electrons. The molecule has 2 aromatic carbocycles. The van der Waals surface area contributed by atoms with Crippen LogP contribution in [0.15, 0.2) is 76.9 Å². The van der Waals surface area contributed by atoms with Crippen molar-refractivity contribution in [2.75, 3.05) is 11.5 Å².